The number of guanidine groups is 1. The summed E-state index contributed by atoms with van der Waals surface area (Å²) in [5.74, 6) is 0.164. The highest BCUT2D eigenvalue weighted by molar-refractivity contribution is 5.75. The van der Waals surface area contributed by atoms with Crippen molar-refractivity contribution in [1.29, 1.82) is 5.41 Å². The molecule has 0 spiro atoms. The van der Waals surface area contributed by atoms with Crippen molar-refractivity contribution in [2.75, 3.05) is 6.54 Å². The Hall–Kier alpha value is -0.770. The first-order valence-corrected chi connectivity index (χ1v) is 4.49. The van der Waals surface area contributed by atoms with Gasteiger partial charge in [-0.15, -0.1) is 0 Å². The number of nitrogens with one attached hydrogen (secondary N) is 1. The van der Waals surface area contributed by atoms with Crippen LogP contribution < -0.4 is 11.5 Å². The van der Waals surface area contributed by atoms with Gasteiger partial charge in [0.2, 0.25) is 0 Å². The lowest BCUT2D eigenvalue weighted by atomic mass is 9.97. The van der Waals surface area contributed by atoms with E-state index in [1.165, 1.54) is 6.42 Å². The molecule has 4 nitrogen and oxygen atoms in total. The van der Waals surface area contributed by atoms with Crippen molar-refractivity contribution >= 4 is 5.96 Å². The first-order valence-electron chi connectivity index (χ1n) is 4.49. The van der Waals surface area contributed by atoms with Crippen molar-refractivity contribution in [2.45, 2.75) is 38.3 Å². The molecule has 1 rings (SSSR count). The van der Waals surface area contributed by atoms with Gasteiger partial charge in [0, 0.05) is 18.6 Å². The minimum Gasteiger partial charge on any atom is -0.370 e. The molecule has 0 aromatic rings. The Morgan fingerprint density at radius 3 is 2.67 bits per heavy atom. The highest BCUT2D eigenvalue weighted by Crippen LogP contribution is 2.17. The molecule has 0 aromatic carbocycles. The average Bonchev–Trinajstić information content (AvgIpc) is 2.04. The number of hydrogen-bond donors (Lipinski definition) is 3. The van der Waals surface area contributed by atoms with Crippen molar-refractivity contribution in [3.63, 3.8) is 0 Å². The van der Waals surface area contributed by atoms with Crippen LogP contribution in [0.2, 0.25) is 0 Å². The van der Waals surface area contributed by atoms with Gasteiger partial charge >= 0.3 is 0 Å². The maximum Gasteiger partial charge on any atom is 0.188 e. The second-order valence-corrected chi connectivity index (χ2v) is 3.50. The summed E-state index contributed by atoms with van der Waals surface area (Å²) in [7, 11) is 0. The van der Waals surface area contributed by atoms with E-state index in [2.05, 4.69) is 0 Å². The highest BCUT2D eigenvalue weighted by Gasteiger charge is 2.25. The molecule has 2 atom stereocenters. The van der Waals surface area contributed by atoms with Crippen LogP contribution in [0.15, 0.2) is 0 Å². The van der Waals surface area contributed by atoms with E-state index in [1.54, 1.807) is 0 Å². The molecule has 5 N–H and O–H groups in total. The highest BCUT2D eigenvalue weighted by atomic mass is 15.3. The summed E-state index contributed by atoms with van der Waals surface area (Å²) in [6, 6.07) is 0.380. The van der Waals surface area contributed by atoms with Crippen LogP contribution in [0.25, 0.3) is 0 Å². The molecule has 12 heavy (non-hydrogen) atoms. The summed E-state index contributed by atoms with van der Waals surface area (Å²) in [5, 5.41) is 7.36. The summed E-state index contributed by atoms with van der Waals surface area (Å²) in [5.41, 5.74) is 11.3. The summed E-state index contributed by atoms with van der Waals surface area (Å²) in [6.45, 7) is 2.87. The lowest BCUT2D eigenvalue weighted by Crippen LogP contribution is -2.53. The van der Waals surface area contributed by atoms with Gasteiger partial charge in [-0.3, -0.25) is 5.41 Å². The van der Waals surface area contributed by atoms with Crippen molar-refractivity contribution in [2.24, 2.45) is 11.5 Å². The van der Waals surface area contributed by atoms with E-state index >= 15 is 0 Å². The van der Waals surface area contributed by atoms with E-state index in [0.717, 1.165) is 19.4 Å². The maximum absolute atomic E-state index is 7.36. The molecule has 0 saturated carbocycles. The summed E-state index contributed by atoms with van der Waals surface area (Å²) in [6.07, 6.45) is 3.40. The lowest BCUT2D eigenvalue weighted by Gasteiger charge is -2.38. The standard InChI is InChI=1S/C8H18N4/c1-6(9)7-4-2-3-5-12(7)8(10)11/h6-7H,2-5,9H2,1H3,(H3,10,11). The van der Waals surface area contributed by atoms with Gasteiger partial charge < -0.3 is 16.4 Å². The van der Waals surface area contributed by atoms with Crippen molar-refractivity contribution in [1.82, 2.24) is 4.90 Å². The Bertz CT molecular complexity index is 166. The van der Waals surface area contributed by atoms with Gasteiger partial charge in [-0.1, -0.05) is 0 Å². The van der Waals surface area contributed by atoms with Crippen molar-refractivity contribution < 1.29 is 0 Å². The van der Waals surface area contributed by atoms with Crippen LogP contribution in [-0.2, 0) is 0 Å². The second kappa shape index (κ2) is 3.76. The first-order chi connectivity index (χ1) is 5.63. The number of hydrogen-bond acceptors (Lipinski definition) is 2. The van der Waals surface area contributed by atoms with Crippen LogP contribution in [0.1, 0.15) is 26.2 Å². The number of likely N-dealkylation sites (tertiary alicyclic amines) is 1. The molecule has 0 aliphatic carbocycles. The van der Waals surface area contributed by atoms with Crippen LogP contribution >= 0.6 is 0 Å². The molecule has 1 saturated heterocycles. The van der Waals surface area contributed by atoms with E-state index in [-0.39, 0.29) is 18.0 Å². The van der Waals surface area contributed by atoms with Crippen LogP contribution in [0, 0.1) is 5.41 Å². The third-order valence-corrected chi connectivity index (χ3v) is 2.47. The van der Waals surface area contributed by atoms with Crippen molar-refractivity contribution in [3.8, 4) is 0 Å². The number of nitrogens with two attached hydrogens (primary N) is 2. The van der Waals surface area contributed by atoms with Gasteiger partial charge in [0.15, 0.2) is 5.96 Å². The van der Waals surface area contributed by atoms with E-state index in [0.29, 0.717) is 0 Å². The second-order valence-electron chi connectivity index (χ2n) is 3.50. The van der Waals surface area contributed by atoms with Crippen LogP contribution in [0.3, 0.4) is 0 Å². The average molecular weight is 170 g/mol. The van der Waals surface area contributed by atoms with Gasteiger partial charge in [0.1, 0.15) is 0 Å². The monoisotopic (exact) mass is 170 g/mol. The summed E-state index contributed by atoms with van der Waals surface area (Å²) < 4.78 is 0. The molecular weight excluding hydrogens is 152 g/mol. The smallest absolute Gasteiger partial charge is 0.188 e. The number of piperidine rings is 1. The fraction of sp³-hybridized carbons (Fsp3) is 0.875. The molecule has 0 aromatic heterocycles. The first kappa shape index (κ1) is 9.32. The van der Waals surface area contributed by atoms with Gasteiger partial charge in [0.05, 0.1) is 0 Å². The van der Waals surface area contributed by atoms with Gasteiger partial charge in [-0.25, -0.2) is 0 Å². The third kappa shape index (κ3) is 1.88. The Balaban J connectivity index is 2.60. The SMILES string of the molecule is CC(N)C1CCCCN1C(=N)N. The molecule has 2 unspecified atom stereocenters. The number of nitrogens with zero attached hydrogens (tertiary/aromatic N) is 1. The Labute approximate surface area is 73.4 Å². The molecule has 70 valence electrons. The normalized spacial score (nSPS) is 26.8. The largest absolute Gasteiger partial charge is 0.370 e. The maximum atomic E-state index is 7.36. The molecule has 0 radical (unpaired) electrons. The summed E-state index contributed by atoms with van der Waals surface area (Å²) in [4.78, 5) is 1.91. The molecule has 1 fully saturated rings. The minimum absolute atomic E-state index is 0.106. The van der Waals surface area contributed by atoms with Crippen LogP contribution in [0.5, 0.6) is 0 Å². The fourth-order valence-electron chi connectivity index (χ4n) is 1.80. The molecule has 4 heteroatoms. The molecule has 1 aliphatic heterocycles. The van der Waals surface area contributed by atoms with E-state index in [9.17, 15) is 0 Å². The van der Waals surface area contributed by atoms with Crippen LogP contribution in [-0.4, -0.2) is 29.5 Å². The Morgan fingerprint density at radius 2 is 2.25 bits per heavy atom. The van der Waals surface area contributed by atoms with Gasteiger partial charge in [-0.2, -0.15) is 0 Å². The molecule has 0 bridgehead atoms. The van der Waals surface area contributed by atoms with Gasteiger partial charge in [0.25, 0.3) is 0 Å². The third-order valence-electron chi connectivity index (χ3n) is 2.47. The Kier molecular flexibility index (Phi) is 2.92. The molecule has 1 aliphatic rings. The van der Waals surface area contributed by atoms with Crippen LogP contribution in [0.4, 0.5) is 0 Å². The topological polar surface area (TPSA) is 79.1 Å². The predicted octanol–water partition coefficient (Wildman–Crippen LogP) is 0.0816. The zero-order valence-electron chi connectivity index (χ0n) is 7.59. The predicted molar refractivity (Wildman–Crippen MR) is 49.9 cm³/mol. The van der Waals surface area contributed by atoms with E-state index in [4.69, 9.17) is 16.9 Å². The Morgan fingerprint density at radius 1 is 1.58 bits per heavy atom. The quantitative estimate of drug-likeness (QED) is 0.385. The molecule has 1 heterocycles. The zero-order valence-corrected chi connectivity index (χ0v) is 7.59. The van der Waals surface area contributed by atoms with Gasteiger partial charge in [-0.05, 0) is 26.2 Å². The number of rotatable bonds is 1. The molecular formula is C8H18N4. The minimum atomic E-state index is 0.106. The van der Waals surface area contributed by atoms with E-state index in [1.807, 2.05) is 11.8 Å². The fourth-order valence-corrected chi connectivity index (χ4v) is 1.80. The summed E-state index contributed by atoms with van der Waals surface area (Å²) >= 11 is 0. The van der Waals surface area contributed by atoms with Crippen molar-refractivity contribution in [3.05, 3.63) is 0 Å². The lowest BCUT2D eigenvalue weighted by molar-refractivity contribution is 0.213. The van der Waals surface area contributed by atoms with E-state index < -0.39 is 0 Å². The zero-order chi connectivity index (χ0) is 9.14. The molecule has 0 amide bonds.